The summed E-state index contributed by atoms with van der Waals surface area (Å²) < 4.78 is 0. The summed E-state index contributed by atoms with van der Waals surface area (Å²) >= 11 is 0. The number of hydrogen-bond donors (Lipinski definition) is 1. The fourth-order valence-electron chi connectivity index (χ4n) is 2.14. The lowest BCUT2D eigenvalue weighted by atomic mass is 10.2. The Morgan fingerprint density at radius 3 is 3.00 bits per heavy atom. The van der Waals surface area contributed by atoms with Crippen LogP contribution in [0.4, 0.5) is 0 Å². The lowest BCUT2D eigenvalue weighted by Gasteiger charge is -2.17. The standard InChI is InChI=1S/C13H19N3O/c1-10(2)15-12-6-8-16(13(12)17)9-11-5-3-4-7-14-11/h3-5,7,10,12,15H,6,8-9H2,1-2H3. The van der Waals surface area contributed by atoms with Gasteiger partial charge in [0.2, 0.25) is 5.91 Å². The van der Waals surface area contributed by atoms with Crippen molar-refractivity contribution in [1.29, 1.82) is 0 Å². The molecule has 1 saturated heterocycles. The third-order valence-electron chi connectivity index (χ3n) is 2.91. The van der Waals surface area contributed by atoms with Gasteiger partial charge in [0.15, 0.2) is 0 Å². The third kappa shape index (κ3) is 3.03. The first-order valence-electron chi connectivity index (χ1n) is 6.11. The number of likely N-dealkylation sites (tertiary alicyclic amines) is 1. The molecule has 0 bridgehead atoms. The first-order valence-corrected chi connectivity index (χ1v) is 6.11. The minimum Gasteiger partial charge on any atom is -0.335 e. The monoisotopic (exact) mass is 233 g/mol. The Hall–Kier alpha value is -1.42. The molecular formula is C13H19N3O. The Kier molecular flexibility index (Phi) is 3.74. The number of carbonyl (C=O) groups is 1. The molecule has 0 saturated carbocycles. The number of nitrogens with one attached hydrogen (secondary N) is 1. The second-order valence-corrected chi connectivity index (χ2v) is 4.74. The Morgan fingerprint density at radius 1 is 1.53 bits per heavy atom. The summed E-state index contributed by atoms with van der Waals surface area (Å²) in [5.74, 6) is 0.198. The summed E-state index contributed by atoms with van der Waals surface area (Å²) in [5.41, 5.74) is 0.950. The van der Waals surface area contributed by atoms with E-state index in [2.05, 4.69) is 24.1 Å². The summed E-state index contributed by atoms with van der Waals surface area (Å²) in [6.07, 6.45) is 2.66. The number of nitrogens with zero attached hydrogens (tertiary/aromatic N) is 2. The van der Waals surface area contributed by atoms with Crippen molar-refractivity contribution in [1.82, 2.24) is 15.2 Å². The number of amides is 1. The van der Waals surface area contributed by atoms with Crippen LogP contribution < -0.4 is 5.32 Å². The molecule has 1 amide bonds. The van der Waals surface area contributed by atoms with Crippen LogP contribution in [0, 0.1) is 0 Å². The highest BCUT2D eigenvalue weighted by Crippen LogP contribution is 2.14. The molecule has 4 nitrogen and oxygen atoms in total. The van der Waals surface area contributed by atoms with Crippen molar-refractivity contribution in [3.63, 3.8) is 0 Å². The first kappa shape index (κ1) is 12.0. The van der Waals surface area contributed by atoms with Crippen molar-refractivity contribution in [3.05, 3.63) is 30.1 Å². The number of aromatic nitrogens is 1. The SMILES string of the molecule is CC(C)NC1CCN(Cc2ccccn2)C1=O. The molecule has 1 aromatic heterocycles. The lowest BCUT2D eigenvalue weighted by Crippen LogP contribution is -2.41. The Bertz CT molecular complexity index is 378. The smallest absolute Gasteiger partial charge is 0.240 e. The van der Waals surface area contributed by atoms with Crippen LogP contribution in [0.3, 0.4) is 0 Å². The van der Waals surface area contributed by atoms with Crippen LogP contribution in [-0.2, 0) is 11.3 Å². The summed E-state index contributed by atoms with van der Waals surface area (Å²) in [6.45, 7) is 5.57. The molecule has 2 rings (SSSR count). The average molecular weight is 233 g/mol. The maximum absolute atomic E-state index is 12.1. The molecule has 4 heteroatoms. The molecule has 1 unspecified atom stereocenters. The van der Waals surface area contributed by atoms with E-state index in [1.54, 1.807) is 6.20 Å². The van der Waals surface area contributed by atoms with Gasteiger partial charge in [0.25, 0.3) is 0 Å². The quantitative estimate of drug-likeness (QED) is 0.849. The Balaban J connectivity index is 1.94. The molecule has 1 atom stereocenters. The summed E-state index contributed by atoms with van der Waals surface area (Å²) in [4.78, 5) is 18.2. The molecule has 92 valence electrons. The predicted octanol–water partition coefficient (Wildman–Crippen LogP) is 1.18. The van der Waals surface area contributed by atoms with Crippen molar-refractivity contribution in [2.24, 2.45) is 0 Å². The van der Waals surface area contributed by atoms with Crippen LogP contribution >= 0.6 is 0 Å². The molecule has 0 aliphatic carbocycles. The highest BCUT2D eigenvalue weighted by atomic mass is 16.2. The molecule has 17 heavy (non-hydrogen) atoms. The predicted molar refractivity (Wildman–Crippen MR) is 66.3 cm³/mol. The van der Waals surface area contributed by atoms with E-state index in [9.17, 15) is 4.79 Å². The van der Waals surface area contributed by atoms with Crippen LogP contribution in [0.1, 0.15) is 26.0 Å². The minimum absolute atomic E-state index is 0.0151. The fourth-order valence-corrected chi connectivity index (χ4v) is 2.14. The van der Waals surface area contributed by atoms with Gasteiger partial charge in [-0.2, -0.15) is 0 Å². The van der Waals surface area contributed by atoms with Crippen LogP contribution in [0.15, 0.2) is 24.4 Å². The number of carbonyl (C=O) groups excluding carboxylic acids is 1. The van der Waals surface area contributed by atoms with Gasteiger partial charge < -0.3 is 10.2 Å². The number of pyridine rings is 1. The maximum atomic E-state index is 12.1. The van der Waals surface area contributed by atoms with Gasteiger partial charge >= 0.3 is 0 Å². The zero-order valence-electron chi connectivity index (χ0n) is 10.4. The fraction of sp³-hybridized carbons (Fsp3) is 0.538. The molecule has 1 fully saturated rings. The average Bonchev–Trinajstić information content (AvgIpc) is 2.62. The van der Waals surface area contributed by atoms with Crippen LogP contribution in [0.2, 0.25) is 0 Å². The molecule has 1 aromatic rings. The second-order valence-electron chi connectivity index (χ2n) is 4.74. The molecular weight excluding hydrogens is 214 g/mol. The van der Waals surface area contributed by atoms with Crippen molar-refractivity contribution < 1.29 is 4.79 Å². The minimum atomic E-state index is -0.0151. The zero-order chi connectivity index (χ0) is 12.3. The maximum Gasteiger partial charge on any atom is 0.240 e. The summed E-state index contributed by atoms with van der Waals surface area (Å²) in [7, 11) is 0. The van der Waals surface area contributed by atoms with E-state index in [-0.39, 0.29) is 11.9 Å². The molecule has 2 heterocycles. The van der Waals surface area contributed by atoms with Crippen molar-refractivity contribution >= 4 is 5.91 Å². The number of rotatable bonds is 4. The number of hydrogen-bond acceptors (Lipinski definition) is 3. The van der Waals surface area contributed by atoms with Crippen LogP contribution in [0.25, 0.3) is 0 Å². The molecule has 0 spiro atoms. The highest BCUT2D eigenvalue weighted by Gasteiger charge is 2.31. The van der Waals surface area contributed by atoms with Gasteiger partial charge in [-0.1, -0.05) is 19.9 Å². The van der Waals surface area contributed by atoms with E-state index in [0.29, 0.717) is 12.6 Å². The van der Waals surface area contributed by atoms with Gasteiger partial charge in [-0.25, -0.2) is 0 Å². The molecule has 1 aliphatic heterocycles. The van der Waals surface area contributed by atoms with Gasteiger partial charge in [-0.3, -0.25) is 9.78 Å². The topological polar surface area (TPSA) is 45.2 Å². The van der Waals surface area contributed by atoms with Gasteiger partial charge in [0.1, 0.15) is 0 Å². The van der Waals surface area contributed by atoms with E-state index in [4.69, 9.17) is 0 Å². The molecule has 0 aromatic carbocycles. The van der Waals surface area contributed by atoms with Crippen LogP contribution in [-0.4, -0.2) is 34.4 Å². The van der Waals surface area contributed by atoms with Gasteiger partial charge in [0, 0.05) is 18.8 Å². The Morgan fingerprint density at radius 2 is 2.35 bits per heavy atom. The van der Waals surface area contributed by atoms with Gasteiger partial charge in [-0.05, 0) is 18.6 Å². The molecule has 0 radical (unpaired) electrons. The van der Waals surface area contributed by atoms with Gasteiger partial charge in [-0.15, -0.1) is 0 Å². The normalized spacial score (nSPS) is 20.3. The summed E-state index contributed by atoms with van der Waals surface area (Å²) in [6, 6.07) is 6.12. The van der Waals surface area contributed by atoms with Gasteiger partial charge in [0.05, 0.1) is 18.3 Å². The van der Waals surface area contributed by atoms with Crippen LogP contribution in [0.5, 0.6) is 0 Å². The highest BCUT2D eigenvalue weighted by molar-refractivity contribution is 5.83. The largest absolute Gasteiger partial charge is 0.335 e. The zero-order valence-corrected chi connectivity index (χ0v) is 10.4. The van der Waals surface area contributed by atoms with E-state index >= 15 is 0 Å². The van der Waals surface area contributed by atoms with E-state index in [0.717, 1.165) is 18.7 Å². The lowest BCUT2D eigenvalue weighted by molar-refractivity contribution is -0.130. The first-order chi connectivity index (χ1) is 8.16. The van der Waals surface area contributed by atoms with E-state index < -0.39 is 0 Å². The van der Waals surface area contributed by atoms with E-state index in [1.165, 1.54) is 0 Å². The third-order valence-corrected chi connectivity index (χ3v) is 2.91. The molecule has 1 N–H and O–H groups in total. The summed E-state index contributed by atoms with van der Waals surface area (Å²) in [5, 5.41) is 3.30. The van der Waals surface area contributed by atoms with Crippen molar-refractivity contribution in [3.8, 4) is 0 Å². The molecule has 1 aliphatic rings. The second kappa shape index (κ2) is 5.27. The van der Waals surface area contributed by atoms with Crippen molar-refractivity contribution in [2.45, 2.75) is 38.9 Å². The van der Waals surface area contributed by atoms with E-state index in [1.807, 2.05) is 23.1 Å². The Labute approximate surface area is 102 Å². The van der Waals surface area contributed by atoms with Crippen molar-refractivity contribution in [2.75, 3.05) is 6.54 Å².